The van der Waals surface area contributed by atoms with Gasteiger partial charge in [-0.1, -0.05) is 19.1 Å². The molecule has 0 spiro atoms. The van der Waals surface area contributed by atoms with Crippen molar-refractivity contribution >= 4 is 28.3 Å². The van der Waals surface area contributed by atoms with Crippen molar-refractivity contribution in [2.24, 2.45) is 0 Å². The monoisotopic (exact) mass is 542 g/mol. The van der Waals surface area contributed by atoms with E-state index in [1.165, 1.54) is 12.1 Å². The summed E-state index contributed by atoms with van der Waals surface area (Å²) in [6, 6.07) is 17.4. The zero-order valence-corrected chi connectivity index (χ0v) is 23.2. The maximum atomic E-state index is 13.7. The number of hydrogen-bond acceptors (Lipinski definition) is 5. The van der Waals surface area contributed by atoms with Crippen molar-refractivity contribution < 1.29 is 23.5 Å². The maximum absolute atomic E-state index is 13.7. The van der Waals surface area contributed by atoms with Crippen LogP contribution in [0.3, 0.4) is 0 Å². The summed E-state index contributed by atoms with van der Waals surface area (Å²) in [5, 5.41) is 13.6. The number of Topliss-reactive ketones (excluding diaryl/α,β-unsaturated/α-hetero) is 1. The molecular formula is C33H35FN2O4. The Morgan fingerprint density at radius 3 is 2.40 bits per heavy atom. The molecule has 0 saturated heterocycles. The number of carbonyl (C=O) groups excluding carboxylic acids is 2. The molecule has 1 amide bonds. The van der Waals surface area contributed by atoms with Gasteiger partial charge in [-0.3, -0.25) is 9.59 Å². The summed E-state index contributed by atoms with van der Waals surface area (Å²) < 4.78 is 20.0. The first-order valence-electron chi connectivity index (χ1n) is 14.1. The third kappa shape index (κ3) is 5.39. The Morgan fingerprint density at radius 1 is 1.00 bits per heavy atom. The van der Waals surface area contributed by atoms with E-state index >= 15 is 0 Å². The minimum atomic E-state index is -0.366. The van der Waals surface area contributed by atoms with Gasteiger partial charge >= 0.3 is 0 Å². The molecule has 2 unspecified atom stereocenters. The number of nitrogens with one attached hydrogen (secondary N) is 1. The predicted molar refractivity (Wildman–Crippen MR) is 156 cm³/mol. The maximum Gasteiger partial charge on any atom is 0.251 e. The molecule has 4 aromatic rings. The van der Waals surface area contributed by atoms with Gasteiger partial charge in [0.15, 0.2) is 5.78 Å². The van der Waals surface area contributed by atoms with Crippen molar-refractivity contribution in [3.63, 3.8) is 0 Å². The molecule has 0 aliphatic heterocycles. The van der Waals surface area contributed by atoms with Crippen LogP contribution in [0.2, 0.25) is 0 Å². The highest BCUT2D eigenvalue weighted by Crippen LogP contribution is 2.41. The highest BCUT2D eigenvalue weighted by atomic mass is 19.1. The Bertz CT molecular complexity index is 1540. The zero-order valence-electron chi connectivity index (χ0n) is 23.2. The molecule has 2 atom stereocenters. The Morgan fingerprint density at radius 2 is 1.75 bits per heavy atom. The van der Waals surface area contributed by atoms with Crippen LogP contribution in [0.15, 0.2) is 65.1 Å². The summed E-state index contributed by atoms with van der Waals surface area (Å²) in [5.41, 5.74) is 4.90. The van der Waals surface area contributed by atoms with Gasteiger partial charge in [-0.2, -0.15) is 0 Å². The van der Waals surface area contributed by atoms with Gasteiger partial charge in [0.1, 0.15) is 17.2 Å². The third-order valence-corrected chi connectivity index (χ3v) is 7.79. The fourth-order valence-corrected chi connectivity index (χ4v) is 5.63. The lowest BCUT2D eigenvalue weighted by molar-refractivity contribution is 0.0932. The van der Waals surface area contributed by atoms with Gasteiger partial charge in [0.2, 0.25) is 0 Å². The predicted octanol–water partition coefficient (Wildman–Crippen LogP) is 6.99. The van der Waals surface area contributed by atoms with E-state index in [2.05, 4.69) is 24.1 Å². The standard InChI is InChI=1S/C33H35FN2O4/c1-4-29(38)31-27-18-26(21-8-7-9-22(16-21)33(39)35-24-14-15-25(37)17-24)28(36(5-2)6-3)19-30(27)40-32(31)20-10-12-23(34)13-11-20/h7-13,16,18-19,24-25,37H,4-6,14-15,17H2,1-3H3,(H,35,39). The first kappa shape index (κ1) is 27.6. The summed E-state index contributed by atoms with van der Waals surface area (Å²) in [6.07, 6.45) is 1.96. The van der Waals surface area contributed by atoms with E-state index in [-0.39, 0.29) is 29.7 Å². The molecule has 1 aromatic heterocycles. The summed E-state index contributed by atoms with van der Waals surface area (Å²) in [4.78, 5) is 28.6. The highest BCUT2D eigenvalue weighted by molar-refractivity contribution is 6.13. The van der Waals surface area contributed by atoms with E-state index in [0.717, 1.165) is 36.3 Å². The van der Waals surface area contributed by atoms with Gasteiger partial charge in [0, 0.05) is 59.4 Å². The van der Waals surface area contributed by atoms with Crippen LogP contribution in [-0.4, -0.2) is 42.0 Å². The Kier molecular flexibility index (Phi) is 8.03. The van der Waals surface area contributed by atoms with Crippen molar-refractivity contribution in [2.45, 2.75) is 58.6 Å². The SMILES string of the molecule is CCC(=O)c1c(-c2ccc(F)cc2)oc2cc(N(CC)CC)c(-c3cccc(C(=O)NC4CCC(O)C4)c3)cc12. The van der Waals surface area contributed by atoms with E-state index in [1.807, 2.05) is 37.3 Å². The molecule has 5 rings (SSSR count). The molecule has 0 bridgehead atoms. The van der Waals surface area contributed by atoms with E-state index in [0.29, 0.717) is 52.7 Å². The van der Waals surface area contributed by atoms with Crippen molar-refractivity contribution in [1.29, 1.82) is 0 Å². The Hall–Kier alpha value is -3.97. The van der Waals surface area contributed by atoms with Gasteiger partial charge in [-0.05, 0) is 81.1 Å². The van der Waals surface area contributed by atoms with Gasteiger partial charge in [-0.15, -0.1) is 0 Å². The van der Waals surface area contributed by atoms with Crippen LogP contribution >= 0.6 is 0 Å². The number of aliphatic hydroxyl groups excluding tert-OH is 1. The minimum Gasteiger partial charge on any atom is -0.455 e. The molecule has 0 radical (unpaired) electrons. The number of rotatable bonds is 9. The lowest BCUT2D eigenvalue weighted by atomic mass is 9.95. The number of aliphatic hydroxyl groups is 1. The lowest BCUT2D eigenvalue weighted by Crippen LogP contribution is -2.33. The molecule has 3 aromatic carbocycles. The van der Waals surface area contributed by atoms with Crippen LogP contribution in [0.5, 0.6) is 0 Å². The fraction of sp³-hybridized carbons (Fsp3) is 0.333. The van der Waals surface area contributed by atoms with Crippen LogP contribution in [0, 0.1) is 5.82 Å². The Labute approximate surface area is 233 Å². The summed E-state index contributed by atoms with van der Waals surface area (Å²) >= 11 is 0. The first-order valence-corrected chi connectivity index (χ1v) is 14.1. The second kappa shape index (κ2) is 11.6. The normalized spacial score (nSPS) is 16.8. The van der Waals surface area contributed by atoms with Crippen molar-refractivity contribution in [1.82, 2.24) is 5.32 Å². The topological polar surface area (TPSA) is 82.8 Å². The molecule has 6 nitrogen and oxygen atoms in total. The van der Waals surface area contributed by atoms with Crippen molar-refractivity contribution in [3.8, 4) is 22.5 Å². The van der Waals surface area contributed by atoms with Gasteiger partial charge in [0.05, 0.1) is 11.7 Å². The average Bonchev–Trinajstić information content (AvgIpc) is 3.55. The van der Waals surface area contributed by atoms with Crippen molar-refractivity contribution in [3.05, 3.63) is 77.6 Å². The van der Waals surface area contributed by atoms with E-state index in [1.54, 1.807) is 18.2 Å². The van der Waals surface area contributed by atoms with E-state index in [9.17, 15) is 19.1 Å². The lowest BCUT2D eigenvalue weighted by Gasteiger charge is -2.24. The van der Waals surface area contributed by atoms with Crippen LogP contribution in [0.1, 0.15) is 67.2 Å². The summed E-state index contributed by atoms with van der Waals surface area (Å²) in [6.45, 7) is 7.48. The van der Waals surface area contributed by atoms with Crippen LogP contribution < -0.4 is 10.2 Å². The summed E-state index contributed by atoms with van der Waals surface area (Å²) in [5.74, 6) is -0.166. The van der Waals surface area contributed by atoms with E-state index in [4.69, 9.17) is 4.42 Å². The number of hydrogen-bond donors (Lipinski definition) is 2. The number of halogens is 1. The molecule has 7 heteroatoms. The zero-order chi connectivity index (χ0) is 28.4. The van der Waals surface area contributed by atoms with E-state index < -0.39 is 0 Å². The first-order chi connectivity index (χ1) is 19.3. The van der Waals surface area contributed by atoms with Gasteiger partial charge < -0.3 is 19.7 Å². The molecule has 1 aliphatic rings. The molecule has 1 aliphatic carbocycles. The van der Waals surface area contributed by atoms with Gasteiger partial charge in [-0.25, -0.2) is 4.39 Å². The number of amides is 1. The third-order valence-electron chi connectivity index (χ3n) is 7.79. The molecular weight excluding hydrogens is 507 g/mol. The van der Waals surface area contributed by atoms with Crippen LogP contribution in [0.4, 0.5) is 10.1 Å². The molecule has 2 N–H and O–H groups in total. The Balaban J connectivity index is 1.65. The molecule has 1 saturated carbocycles. The second-order valence-electron chi connectivity index (χ2n) is 10.3. The van der Waals surface area contributed by atoms with Crippen LogP contribution in [0.25, 0.3) is 33.4 Å². The largest absolute Gasteiger partial charge is 0.455 e. The molecule has 40 heavy (non-hydrogen) atoms. The fourth-order valence-electron chi connectivity index (χ4n) is 5.63. The molecule has 1 heterocycles. The number of anilines is 1. The number of benzene rings is 3. The minimum absolute atomic E-state index is 0.0350. The molecule has 208 valence electrons. The van der Waals surface area contributed by atoms with Crippen LogP contribution in [-0.2, 0) is 0 Å². The average molecular weight is 543 g/mol. The smallest absolute Gasteiger partial charge is 0.251 e. The quantitative estimate of drug-likeness (QED) is 0.223. The number of carbonyl (C=O) groups is 2. The number of nitrogens with zero attached hydrogens (tertiary/aromatic N) is 1. The second-order valence-corrected chi connectivity index (χ2v) is 10.3. The molecule has 1 fully saturated rings. The van der Waals surface area contributed by atoms with Gasteiger partial charge in [0.25, 0.3) is 5.91 Å². The van der Waals surface area contributed by atoms with Crippen molar-refractivity contribution in [2.75, 3.05) is 18.0 Å². The number of furan rings is 1. The number of ketones is 1. The number of fused-ring (bicyclic) bond motifs is 1. The summed E-state index contributed by atoms with van der Waals surface area (Å²) in [7, 11) is 0. The highest BCUT2D eigenvalue weighted by Gasteiger charge is 2.26.